The van der Waals surface area contributed by atoms with Crippen molar-refractivity contribution in [1.29, 1.82) is 0 Å². The highest BCUT2D eigenvalue weighted by atomic mass is 35.5. The van der Waals surface area contributed by atoms with Crippen molar-refractivity contribution in [2.45, 2.75) is 26.9 Å². The Morgan fingerprint density at radius 2 is 1.86 bits per heavy atom. The summed E-state index contributed by atoms with van der Waals surface area (Å²) in [5, 5.41) is 3.78. The van der Waals surface area contributed by atoms with Crippen LogP contribution in [0.25, 0.3) is 0 Å². The van der Waals surface area contributed by atoms with E-state index >= 15 is 0 Å². The molecule has 1 aromatic heterocycles. The van der Waals surface area contributed by atoms with Gasteiger partial charge in [0.1, 0.15) is 0 Å². The van der Waals surface area contributed by atoms with Gasteiger partial charge in [0.15, 0.2) is 0 Å². The smallest absolute Gasteiger partial charge is 0.322 e. The topological polar surface area (TPSA) is 37.3 Å². The molecule has 0 aliphatic carbocycles. The van der Waals surface area contributed by atoms with Gasteiger partial charge in [0.2, 0.25) is 0 Å². The molecule has 150 valence electrons. The zero-order valence-corrected chi connectivity index (χ0v) is 17.6. The van der Waals surface area contributed by atoms with E-state index in [1.54, 1.807) is 11.0 Å². The molecule has 1 heterocycles. The molecule has 3 aromatic rings. The molecule has 0 fully saturated rings. The molecule has 0 aliphatic heterocycles. The molecule has 0 spiro atoms. The van der Waals surface area contributed by atoms with Gasteiger partial charge >= 0.3 is 6.03 Å². The summed E-state index contributed by atoms with van der Waals surface area (Å²) >= 11 is 6.11. The lowest BCUT2D eigenvalue weighted by atomic mass is 10.1. The van der Waals surface area contributed by atoms with Crippen molar-refractivity contribution in [2.24, 2.45) is 0 Å². The van der Waals surface area contributed by atoms with E-state index in [4.69, 9.17) is 11.6 Å². The van der Waals surface area contributed by atoms with Crippen LogP contribution in [0.2, 0.25) is 5.02 Å². The normalized spacial score (nSPS) is 10.6. The summed E-state index contributed by atoms with van der Waals surface area (Å²) in [6.45, 7) is 9.44. The third-order valence-corrected chi connectivity index (χ3v) is 5.10. The van der Waals surface area contributed by atoms with E-state index < -0.39 is 0 Å². The number of urea groups is 1. The lowest BCUT2D eigenvalue weighted by Gasteiger charge is -2.24. The molecule has 0 bridgehead atoms. The lowest BCUT2D eigenvalue weighted by molar-refractivity contribution is 0.214. The third-order valence-electron chi connectivity index (χ3n) is 4.87. The molecule has 0 saturated heterocycles. The fraction of sp³-hybridized carbons (Fsp3) is 0.208. The van der Waals surface area contributed by atoms with E-state index in [0.717, 1.165) is 33.1 Å². The van der Waals surface area contributed by atoms with Gasteiger partial charge < -0.3 is 14.8 Å². The number of amides is 2. The first kappa shape index (κ1) is 20.7. The molecule has 0 saturated carbocycles. The van der Waals surface area contributed by atoms with E-state index in [0.29, 0.717) is 19.6 Å². The van der Waals surface area contributed by atoms with Gasteiger partial charge in [0, 0.05) is 35.7 Å². The minimum absolute atomic E-state index is 0.141. The van der Waals surface area contributed by atoms with Gasteiger partial charge in [-0.15, -0.1) is 6.58 Å². The van der Waals surface area contributed by atoms with Crippen LogP contribution >= 0.6 is 11.6 Å². The minimum atomic E-state index is -0.141. The second-order valence-electron chi connectivity index (χ2n) is 7.12. The number of nitrogens with one attached hydrogen (secondary N) is 1. The number of benzene rings is 2. The third kappa shape index (κ3) is 5.30. The van der Waals surface area contributed by atoms with Crippen LogP contribution in [-0.4, -0.2) is 22.0 Å². The molecule has 0 atom stereocenters. The van der Waals surface area contributed by atoms with E-state index in [-0.39, 0.29) is 6.03 Å². The number of carbonyl (C=O) groups is 1. The Kier molecular flexibility index (Phi) is 6.78. The number of carbonyl (C=O) groups excluding carboxylic acids is 1. The standard InChI is InChI=1S/C24H26ClN3O/c1-4-13-28(24(29)26-23-18(2)8-5-9-19(23)3)17-22-12-7-14-27(22)16-20-10-6-11-21(25)15-20/h4-12,14-15H,1,13,16-17H2,2-3H3,(H,26,29). The SMILES string of the molecule is C=CCN(Cc1cccn1Cc1cccc(Cl)c1)C(=O)Nc1c(C)cccc1C. The predicted octanol–water partition coefficient (Wildman–Crippen LogP) is 6.03. The van der Waals surface area contributed by atoms with Gasteiger partial charge in [-0.25, -0.2) is 4.79 Å². The van der Waals surface area contributed by atoms with E-state index in [2.05, 4.69) is 16.5 Å². The van der Waals surface area contributed by atoms with Gasteiger partial charge in [-0.1, -0.05) is 48.0 Å². The van der Waals surface area contributed by atoms with E-state index in [9.17, 15) is 4.79 Å². The van der Waals surface area contributed by atoms with Gasteiger partial charge in [-0.3, -0.25) is 0 Å². The fourth-order valence-electron chi connectivity index (χ4n) is 3.35. The van der Waals surface area contributed by atoms with Crippen LogP contribution in [-0.2, 0) is 13.1 Å². The maximum absolute atomic E-state index is 13.0. The molecule has 2 amide bonds. The first-order valence-corrected chi connectivity index (χ1v) is 9.97. The Balaban J connectivity index is 1.76. The van der Waals surface area contributed by atoms with Crippen molar-refractivity contribution in [3.05, 3.63) is 101 Å². The summed E-state index contributed by atoms with van der Waals surface area (Å²) in [5.74, 6) is 0. The minimum Gasteiger partial charge on any atom is -0.345 e. The first-order valence-electron chi connectivity index (χ1n) is 9.59. The Labute approximate surface area is 177 Å². The van der Waals surface area contributed by atoms with Crippen LogP contribution in [0.4, 0.5) is 10.5 Å². The number of rotatable bonds is 7. The van der Waals surface area contributed by atoms with E-state index in [1.165, 1.54) is 0 Å². The Morgan fingerprint density at radius 3 is 2.55 bits per heavy atom. The average molecular weight is 408 g/mol. The molecule has 4 nitrogen and oxygen atoms in total. The molecule has 5 heteroatoms. The molecular formula is C24H26ClN3O. The largest absolute Gasteiger partial charge is 0.345 e. The number of hydrogen-bond donors (Lipinski definition) is 1. The maximum Gasteiger partial charge on any atom is 0.322 e. The first-order chi connectivity index (χ1) is 14.0. The molecule has 3 rings (SSSR count). The van der Waals surface area contributed by atoms with Gasteiger partial charge in [-0.2, -0.15) is 0 Å². The predicted molar refractivity (Wildman–Crippen MR) is 121 cm³/mol. The summed E-state index contributed by atoms with van der Waals surface area (Å²) in [6, 6.07) is 17.7. The van der Waals surface area contributed by atoms with Crippen LogP contribution in [0.5, 0.6) is 0 Å². The Morgan fingerprint density at radius 1 is 1.14 bits per heavy atom. The Bertz CT molecular complexity index is 989. The molecule has 1 N–H and O–H groups in total. The molecular weight excluding hydrogens is 382 g/mol. The second kappa shape index (κ2) is 9.48. The van der Waals surface area contributed by atoms with Crippen LogP contribution in [0.3, 0.4) is 0 Å². The van der Waals surface area contributed by atoms with Gasteiger partial charge in [0.05, 0.1) is 6.54 Å². The molecule has 0 aliphatic rings. The van der Waals surface area contributed by atoms with Gasteiger partial charge in [0.25, 0.3) is 0 Å². The molecule has 0 radical (unpaired) electrons. The van der Waals surface area contributed by atoms with E-state index in [1.807, 2.05) is 74.6 Å². The summed E-state index contributed by atoms with van der Waals surface area (Å²) in [4.78, 5) is 14.7. The highest BCUT2D eigenvalue weighted by Crippen LogP contribution is 2.21. The number of hydrogen-bond acceptors (Lipinski definition) is 1. The highest BCUT2D eigenvalue weighted by molar-refractivity contribution is 6.30. The monoisotopic (exact) mass is 407 g/mol. The zero-order chi connectivity index (χ0) is 20.8. The molecule has 29 heavy (non-hydrogen) atoms. The fourth-order valence-corrected chi connectivity index (χ4v) is 3.56. The lowest BCUT2D eigenvalue weighted by Crippen LogP contribution is -2.35. The maximum atomic E-state index is 13.0. The zero-order valence-electron chi connectivity index (χ0n) is 16.9. The van der Waals surface area contributed by atoms with Crippen molar-refractivity contribution in [1.82, 2.24) is 9.47 Å². The second-order valence-corrected chi connectivity index (χ2v) is 7.56. The van der Waals surface area contributed by atoms with Crippen LogP contribution in [0.15, 0.2) is 73.4 Å². The Hall–Kier alpha value is -2.98. The van der Waals surface area contributed by atoms with Crippen LogP contribution in [0.1, 0.15) is 22.4 Å². The number of para-hydroxylation sites is 1. The summed E-state index contributed by atoms with van der Waals surface area (Å²) in [7, 11) is 0. The van der Waals surface area contributed by atoms with Gasteiger partial charge in [-0.05, 0) is 54.8 Å². The molecule has 0 unspecified atom stereocenters. The molecule has 2 aromatic carbocycles. The summed E-state index contributed by atoms with van der Waals surface area (Å²) in [6.07, 6.45) is 3.76. The summed E-state index contributed by atoms with van der Waals surface area (Å²) in [5.41, 5.74) is 5.11. The summed E-state index contributed by atoms with van der Waals surface area (Å²) < 4.78 is 2.13. The average Bonchev–Trinajstić information content (AvgIpc) is 3.11. The van der Waals surface area contributed by atoms with Crippen molar-refractivity contribution in [3.63, 3.8) is 0 Å². The van der Waals surface area contributed by atoms with Crippen molar-refractivity contribution in [3.8, 4) is 0 Å². The quantitative estimate of drug-likeness (QED) is 0.477. The van der Waals surface area contributed by atoms with Crippen molar-refractivity contribution >= 4 is 23.3 Å². The van der Waals surface area contributed by atoms with Crippen LogP contribution < -0.4 is 5.32 Å². The number of aromatic nitrogens is 1. The van der Waals surface area contributed by atoms with Crippen LogP contribution in [0, 0.1) is 13.8 Å². The van der Waals surface area contributed by atoms with Crippen molar-refractivity contribution in [2.75, 3.05) is 11.9 Å². The highest BCUT2D eigenvalue weighted by Gasteiger charge is 2.16. The van der Waals surface area contributed by atoms with Crippen molar-refractivity contribution < 1.29 is 4.79 Å². The number of halogens is 1. The number of aryl methyl sites for hydroxylation is 2. The number of nitrogens with zero attached hydrogens (tertiary/aromatic N) is 2. The number of anilines is 1.